The van der Waals surface area contributed by atoms with Gasteiger partial charge in [-0.3, -0.25) is 4.79 Å². The fourth-order valence-electron chi connectivity index (χ4n) is 4.00. The number of nitrogens with zero attached hydrogens (tertiary/aromatic N) is 1. The van der Waals surface area contributed by atoms with Crippen molar-refractivity contribution in [3.63, 3.8) is 0 Å². The van der Waals surface area contributed by atoms with E-state index >= 15 is 0 Å². The lowest BCUT2D eigenvalue weighted by molar-refractivity contribution is 0.170. The first kappa shape index (κ1) is 22.3. The average Bonchev–Trinajstić information content (AvgIpc) is 2.74. The Morgan fingerprint density at radius 2 is 1.83 bits per heavy atom. The highest BCUT2D eigenvalue weighted by Crippen LogP contribution is 2.22. The molecule has 2 heterocycles. The third-order valence-electron chi connectivity index (χ3n) is 5.67. The summed E-state index contributed by atoms with van der Waals surface area (Å²) in [6.45, 7) is 3.87. The van der Waals surface area contributed by atoms with Gasteiger partial charge in [0.2, 0.25) is 0 Å². The van der Waals surface area contributed by atoms with Crippen LogP contribution in [0.3, 0.4) is 0 Å². The highest BCUT2D eigenvalue weighted by molar-refractivity contribution is 5.85. The summed E-state index contributed by atoms with van der Waals surface area (Å²) in [5.41, 5.74) is 1.74. The van der Waals surface area contributed by atoms with Crippen LogP contribution in [0.2, 0.25) is 0 Å². The third kappa shape index (κ3) is 5.83. The molecule has 0 bridgehead atoms. The Hall–Kier alpha value is -2.37. The van der Waals surface area contributed by atoms with Crippen molar-refractivity contribution in [2.24, 2.45) is 5.92 Å². The summed E-state index contributed by atoms with van der Waals surface area (Å²) in [5.74, 6) is 1.24. The molecule has 0 spiro atoms. The molecule has 0 N–H and O–H groups in total. The molecule has 1 aliphatic heterocycles. The number of piperidine rings is 1. The van der Waals surface area contributed by atoms with Crippen LogP contribution in [0.25, 0.3) is 11.0 Å². The van der Waals surface area contributed by atoms with Gasteiger partial charge in [0.25, 0.3) is 0 Å². The molecule has 4 rings (SSSR count). The van der Waals surface area contributed by atoms with E-state index in [4.69, 9.17) is 9.15 Å². The molecule has 0 saturated carbocycles. The van der Waals surface area contributed by atoms with Crippen LogP contribution >= 0.6 is 12.4 Å². The van der Waals surface area contributed by atoms with E-state index in [1.54, 1.807) is 24.3 Å². The Balaban J connectivity index is 0.00000256. The Bertz CT molecular complexity index is 997. The molecule has 0 unspecified atom stereocenters. The van der Waals surface area contributed by atoms with Crippen molar-refractivity contribution in [2.75, 3.05) is 26.2 Å². The summed E-state index contributed by atoms with van der Waals surface area (Å²) < 4.78 is 24.2. The molecule has 0 radical (unpaired) electrons. The number of rotatable bonds is 7. The lowest BCUT2D eigenvalue weighted by atomic mass is 9.90. The molecule has 30 heavy (non-hydrogen) atoms. The predicted octanol–water partition coefficient (Wildman–Crippen LogP) is 5.08. The van der Waals surface area contributed by atoms with Gasteiger partial charge in [-0.05, 0) is 74.5 Å². The number of hydrogen-bond acceptors (Lipinski definition) is 4. The van der Waals surface area contributed by atoms with Gasteiger partial charge in [-0.1, -0.05) is 12.1 Å². The molecule has 0 amide bonds. The van der Waals surface area contributed by atoms with E-state index in [0.29, 0.717) is 23.5 Å². The van der Waals surface area contributed by atoms with Crippen LogP contribution in [0.4, 0.5) is 4.39 Å². The molecular weight excluding hydrogens is 405 g/mol. The highest BCUT2D eigenvalue weighted by atomic mass is 35.5. The Morgan fingerprint density at radius 3 is 2.60 bits per heavy atom. The minimum Gasteiger partial charge on any atom is -0.493 e. The molecule has 1 aliphatic rings. The number of benzene rings is 2. The highest BCUT2D eigenvalue weighted by Gasteiger charge is 2.19. The molecule has 0 aliphatic carbocycles. The minimum absolute atomic E-state index is 0. The van der Waals surface area contributed by atoms with Crippen molar-refractivity contribution in [1.29, 1.82) is 0 Å². The van der Waals surface area contributed by atoms with E-state index in [1.807, 2.05) is 18.2 Å². The van der Waals surface area contributed by atoms with Crippen molar-refractivity contribution in [1.82, 2.24) is 4.90 Å². The van der Waals surface area contributed by atoms with E-state index in [1.165, 1.54) is 30.7 Å². The lowest BCUT2D eigenvalue weighted by Gasteiger charge is -2.32. The van der Waals surface area contributed by atoms with Crippen LogP contribution in [0.5, 0.6) is 5.75 Å². The van der Waals surface area contributed by atoms with Crippen molar-refractivity contribution in [3.05, 3.63) is 76.4 Å². The second-order valence-electron chi connectivity index (χ2n) is 7.76. The fraction of sp³-hybridized carbons (Fsp3) is 0.375. The Kier molecular flexibility index (Phi) is 7.88. The molecule has 160 valence electrons. The summed E-state index contributed by atoms with van der Waals surface area (Å²) in [4.78, 5) is 14.2. The number of ether oxygens (including phenoxy) is 1. The summed E-state index contributed by atoms with van der Waals surface area (Å²) in [6, 6.07) is 13.7. The third-order valence-corrected chi connectivity index (χ3v) is 5.67. The number of halogens is 2. The first-order valence-corrected chi connectivity index (χ1v) is 10.3. The van der Waals surface area contributed by atoms with Gasteiger partial charge in [-0.25, -0.2) is 4.39 Å². The van der Waals surface area contributed by atoms with Gasteiger partial charge >= 0.3 is 0 Å². The predicted molar refractivity (Wildman–Crippen MR) is 119 cm³/mol. The van der Waals surface area contributed by atoms with Crippen LogP contribution in [0.1, 0.15) is 24.8 Å². The molecular formula is C24H27ClFNO3. The average molecular weight is 432 g/mol. The molecule has 0 atom stereocenters. The molecule has 1 aromatic heterocycles. The van der Waals surface area contributed by atoms with Crippen molar-refractivity contribution in [2.45, 2.75) is 25.7 Å². The second kappa shape index (κ2) is 10.6. The van der Waals surface area contributed by atoms with Gasteiger partial charge in [0, 0.05) is 18.7 Å². The first-order valence-electron chi connectivity index (χ1n) is 10.3. The van der Waals surface area contributed by atoms with Gasteiger partial charge in [0.1, 0.15) is 17.1 Å². The van der Waals surface area contributed by atoms with Crippen LogP contribution in [0, 0.1) is 11.7 Å². The van der Waals surface area contributed by atoms with E-state index in [-0.39, 0.29) is 23.7 Å². The van der Waals surface area contributed by atoms with Gasteiger partial charge in [-0.2, -0.15) is 0 Å². The van der Waals surface area contributed by atoms with Crippen LogP contribution in [-0.4, -0.2) is 31.1 Å². The Labute approximate surface area is 182 Å². The quantitative estimate of drug-likeness (QED) is 0.489. The van der Waals surface area contributed by atoms with Gasteiger partial charge < -0.3 is 14.1 Å². The minimum atomic E-state index is -0.168. The largest absolute Gasteiger partial charge is 0.493 e. The summed E-state index contributed by atoms with van der Waals surface area (Å²) in [5, 5.41) is 0.573. The monoisotopic (exact) mass is 431 g/mol. The maximum atomic E-state index is 13.0. The zero-order chi connectivity index (χ0) is 20.1. The van der Waals surface area contributed by atoms with E-state index in [2.05, 4.69) is 4.90 Å². The molecule has 3 aromatic rings. The Morgan fingerprint density at radius 1 is 1.07 bits per heavy atom. The van der Waals surface area contributed by atoms with E-state index in [0.717, 1.165) is 38.2 Å². The maximum absolute atomic E-state index is 13.0. The van der Waals surface area contributed by atoms with E-state index in [9.17, 15) is 9.18 Å². The molecule has 6 heteroatoms. The zero-order valence-corrected chi connectivity index (χ0v) is 17.7. The first-order chi connectivity index (χ1) is 14.2. The molecule has 1 fully saturated rings. The van der Waals surface area contributed by atoms with Gasteiger partial charge in [0.05, 0.1) is 18.3 Å². The second-order valence-corrected chi connectivity index (χ2v) is 7.76. The summed E-state index contributed by atoms with van der Waals surface area (Å²) in [7, 11) is 0. The normalized spacial score (nSPS) is 15.1. The van der Waals surface area contributed by atoms with Crippen LogP contribution < -0.4 is 10.2 Å². The summed E-state index contributed by atoms with van der Waals surface area (Å²) in [6.07, 6.45) is 5.77. The summed E-state index contributed by atoms with van der Waals surface area (Å²) >= 11 is 0. The van der Waals surface area contributed by atoms with Crippen molar-refractivity contribution >= 4 is 23.4 Å². The van der Waals surface area contributed by atoms with Crippen LogP contribution in [-0.2, 0) is 6.42 Å². The van der Waals surface area contributed by atoms with Crippen LogP contribution in [0.15, 0.2) is 64.0 Å². The van der Waals surface area contributed by atoms with E-state index < -0.39 is 0 Å². The number of likely N-dealkylation sites (tertiary alicyclic amines) is 1. The molecule has 4 nitrogen and oxygen atoms in total. The fourth-order valence-corrected chi connectivity index (χ4v) is 4.00. The topological polar surface area (TPSA) is 42.7 Å². The maximum Gasteiger partial charge on any atom is 0.192 e. The SMILES string of the molecule is Cl.O=c1ccoc2cc(OCCCN3CCC(Cc4ccc(F)cc4)CC3)ccc12. The van der Waals surface area contributed by atoms with Gasteiger partial charge in [0.15, 0.2) is 5.43 Å². The molecule has 2 aromatic carbocycles. The smallest absolute Gasteiger partial charge is 0.192 e. The molecule has 1 saturated heterocycles. The number of hydrogen-bond donors (Lipinski definition) is 0. The van der Waals surface area contributed by atoms with Crippen molar-refractivity contribution in [3.8, 4) is 5.75 Å². The zero-order valence-electron chi connectivity index (χ0n) is 16.9. The van der Waals surface area contributed by atoms with Crippen molar-refractivity contribution < 1.29 is 13.5 Å². The standard InChI is InChI=1S/C24H26FNO3.ClH/c25-20-4-2-18(3-5-20)16-19-8-12-26(13-9-19)11-1-14-28-21-6-7-22-23(27)10-15-29-24(22)17-21;/h2-7,10,15,17,19H,1,8-9,11-14,16H2;1H. The van der Waals surface area contributed by atoms with Gasteiger partial charge in [-0.15, -0.1) is 12.4 Å². The number of fused-ring (bicyclic) bond motifs is 1. The lowest BCUT2D eigenvalue weighted by Crippen LogP contribution is -2.35.